The van der Waals surface area contributed by atoms with E-state index < -0.39 is 0 Å². The normalized spacial score (nSPS) is 17.0. The lowest BCUT2D eigenvalue weighted by atomic mass is 10.3. The van der Waals surface area contributed by atoms with Gasteiger partial charge < -0.3 is 5.32 Å². The number of para-hydroxylation sites is 1. The Hall–Kier alpha value is -0.630. The SMILES string of the molecule is c1ccc2c(c1)NCCCCS2. The Morgan fingerprint density at radius 2 is 2.08 bits per heavy atom. The van der Waals surface area contributed by atoms with Crippen molar-refractivity contribution in [1.82, 2.24) is 0 Å². The maximum absolute atomic E-state index is 3.44. The van der Waals surface area contributed by atoms with E-state index in [1.54, 1.807) is 0 Å². The number of fused-ring (bicyclic) bond motifs is 1. The second-order valence-electron chi connectivity index (χ2n) is 2.98. The van der Waals surface area contributed by atoms with E-state index >= 15 is 0 Å². The predicted molar refractivity (Wildman–Crippen MR) is 54.9 cm³/mol. The topological polar surface area (TPSA) is 12.0 Å². The average Bonchev–Trinajstić information content (AvgIpc) is 2.06. The molecule has 0 amide bonds. The van der Waals surface area contributed by atoms with Crippen LogP contribution in [-0.4, -0.2) is 12.3 Å². The highest BCUT2D eigenvalue weighted by atomic mass is 32.2. The van der Waals surface area contributed by atoms with E-state index in [-0.39, 0.29) is 0 Å². The van der Waals surface area contributed by atoms with Crippen molar-refractivity contribution in [2.24, 2.45) is 0 Å². The molecule has 1 aliphatic rings. The molecule has 1 aliphatic heterocycles. The molecule has 64 valence electrons. The third-order valence-corrected chi connectivity index (χ3v) is 3.19. The van der Waals surface area contributed by atoms with Crippen LogP contribution in [0.4, 0.5) is 5.69 Å². The van der Waals surface area contributed by atoms with Crippen molar-refractivity contribution < 1.29 is 0 Å². The number of anilines is 1. The van der Waals surface area contributed by atoms with Crippen LogP contribution in [-0.2, 0) is 0 Å². The van der Waals surface area contributed by atoms with Gasteiger partial charge in [-0.05, 0) is 30.7 Å². The third-order valence-electron chi connectivity index (χ3n) is 2.03. The molecule has 2 heteroatoms. The molecule has 1 nitrogen and oxygen atoms in total. The highest BCUT2D eigenvalue weighted by Gasteiger charge is 2.04. The lowest BCUT2D eigenvalue weighted by molar-refractivity contribution is 0.835. The Bertz CT molecular complexity index is 233. The maximum atomic E-state index is 3.44. The summed E-state index contributed by atoms with van der Waals surface area (Å²) in [6.45, 7) is 1.12. The van der Waals surface area contributed by atoms with E-state index in [0.717, 1.165) is 6.54 Å². The third kappa shape index (κ3) is 1.75. The van der Waals surface area contributed by atoms with Gasteiger partial charge in [0.05, 0.1) is 0 Å². The van der Waals surface area contributed by atoms with Crippen LogP contribution in [0.15, 0.2) is 29.2 Å². The van der Waals surface area contributed by atoms with Gasteiger partial charge in [-0.2, -0.15) is 0 Å². The molecule has 0 saturated carbocycles. The van der Waals surface area contributed by atoms with Gasteiger partial charge in [0.2, 0.25) is 0 Å². The van der Waals surface area contributed by atoms with Crippen LogP contribution in [0.1, 0.15) is 12.8 Å². The maximum Gasteiger partial charge on any atom is 0.0478 e. The first-order chi connectivity index (χ1) is 5.97. The second kappa shape index (κ2) is 3.85. The Balaban J connectivity index is 2.24. The minimum atomic E-state index is 1.12. The smallest absolute Gasteiger partial charge is 0.0478 e. The van der Waals surface area contributed by atoms with Crippen molar-refractivity contribution in [3.05, 3.63) is 24.3 Å². The molecule has 0 unspecified atom stereocenters. The lowest BCUT2D eigenvalue weighted by Gasteiger charge is -2.14. The Labute approximate surface area is 77.6 Å². The molecular formula is C10H13NS. The fourth-order valence-electron chi connectivity index (χ4n) is 1.37. The minimum Gasteiger partial charge on any atom is -0.384 e. The van der Waals surface area contributed by atoms with Crippen molar-refractivity contribution in [2.75, 3.05) is 17.6 Å². The molecule has 0 radical (unpaired) electrons. The molecule has 0 spiro atoms. The van der Waals surface area contributed by atoms with Gasteiger partial charge in [0.25, 0.3) is 0 Å². The van der Waals surface area contributed by atoms with Gasteiger partial charge in [0.15, 0.2) is 0 Å². The van der Waals surface area contributed by atoms with E-state index in [0.29, 0.717) is 0 Å². The highest BCUT2D eigenvalue weighted by molar-refractivity contribution is 7.99. The number of hydrogen-bond donors (Lipinski definition) is 1. The Kier molecular flexibility index (Phi) is 2.57. The van der Waals surface area contributed by atoms with E-state index in [4.69, 9.17) is 0 Å². The summed E-state index contributed by atoms with van der Waals surface area (Å²) in [7, 11) is 0. The molecule has 0 atom stereocenters. The molecule has 1 heterocycles. The quantitative estimate of drug-likeness (QED) is 0.657. The van der Waals surface area contributed by atoms with Crippen LogP contribution in [0.2, 0.25) is 0 Å². The van der Waals surface area contributed by atoms with Gasteiger partial charge in [0, 0.05) is 17.1 Å². The van der Waals surface area contributed by atoms with Crippen molar-refractivity contribution >= 4 is 17.4 Å². The predicted octanol–water partition coefficient (Wildman–Crippen LogP) is 2.98. The number of rotatable bonds is 0. The monoisotopic (exact) mass is 179 g/mol. The molecular weight excluding hydrogens is 166 g/mol. The fourth-order valence-corrected chi connectivity index (χ4v) is 2.41. The number of hydrogen-bond acceptors (Lipinski definition) is 2. The Morgan fingerprint density at radius 3 is 3.08 bits per heavy atom. The summed E-state index contributed by atoms with van der Waals surface area (Å²) < 4.78 is 0. The van der Waals surface area contributed by atoms with Crippen LogP contribution in [0, 0.1) is 0 Å². The molecule has 1 aromatic rings. The minimum absolute atomic E-state index is 1.12. The standard InChI is InChI=1S/C10H13NS/c1-2-6-10-9(5-1)11-7-3-4-8-12-10/h1-2,5-6,11H,3-4,7-8H2. The van der Waals surface area contributed by atoms with Crippen LogP contribution in [0.25, 0.3) is 0 Å². The van der Waals surface area contributed by atoms with Gasteiger partial charge in [-0.3, -0.25) is 0 Å². The van der Waals surface area contributed by atoms with E-state index in [9.17, 15) is 0 Å². The van der Waals surface area contributed by atoms with E-state index in [1.165, 1.54) is 29.2 Å². The number of thioether (sulfide) groups is 1. The average molecular weight is 179 g/mol. The van der Waals surface area contributed by atoms with Crippen molar-refractivity contribution in [2.45, 2.75) is 17.7 Å². The van der Waals surface area contributed by atoms with Gasteiger partial charge in [-0.25, -0.2) is 0 Å². The second-order valence-corrected chi connectivity index (χ2v) is 4.12. The molecule has 0 saturated heterocycles. The zero-order valence-electron chi connectivity index (χ0n) is 7.05. The molecule has 2 rings (SSSR count). The summed E-state index contributed by atoms with van der Waals surface area (Å²) in [5, 5.41) is 3.44. The van der Waals surface area contributed by atoms with Crippen LogP contribution >= 0.6 is 11.8 Å². The number of benzene rings is 1. The zero-order valence-corrected chi connectivity index (χ0v) is 7.86. The summed E-state index contributed by atoms with van der Waals surface area (Å²) in [5.74, 6) is 1.26. The molecule has 12 heavy (non-hydrogen) atoms. The van der Waals surface area contributed by atoms with Gasteiger partial charge in [-0.15, -0.1) is 11.8 Å². The zero-order chi connectivity index (χ0) is 8.23. The first kappa shape index (κ1) is 7.99. The van der Waals surface area contributed by atoms with Gasteiger partial charge in [0.1, 0.15) is 0 Å². The summed E-state index contributed by atoms with van der Waals surface area (Å²) in [5.41, 5.74) is 1.31. The summed E-state index contributed by atoms with van der Waals surface area (Å²) in [6, 6.07) is 8.55. The van der Waals surface area contributed by atoms with E-state index in [1.807, 2.05) is 11.8 Å². The first-order valence-corrected chi connectivity index (χ1v) is 5.41. The first-order valence-electron chi connectivity index (χ1n) is 4.42. The van der Waals surface area contributed by atoms with Gasteiger partial charge in [-0.1, -0.05) is 12.1 Å². The van der Waals surface area contributed by atoms with Crippen LogP contribution in [0.5, 0.6) is 0 Å². The largest absolute Gasteiger partial charge is 0.384 e. The van der Waals surface area contributed by atoms with Crippen molar-refractivity contribution in [3.63, 3.8) is 0 Å². The van der Waals surface area contributed by atoms with Crippen LogP contribution in [0.3, 0.4) is 0 Å². The number of nitrogens with one attached hydrogen (secondary N) is 1. The molecule has 0 fully saturated rings. The summed E-state index contributed by atoms with van der Waals surface area (Å²) >= 11 is 1.96. The summed E-state index contributed by atoms with van der Waals surface area (Å²) in [4.78, 5) is 1.40. The molecule has 0 aromatic heterocycles. The lowest BCUT2D eigenvalue weighted by Crippen LogP contribution is -2.05. The fraction of sp³-hybridized carbons (Fsp3) is 0.400. The Morgan fingerprint density at radius 1 is 1.17 bits per heavy atom. The highest BCUT2D eigenvalue weighted by Crippen LogP contribution is 2.29. The molecule has 1 N–H and O–H groups in total. The van der Waals surface area contributed by atoms with Crippen molar-refractivity contribution in [1.29, 1.82) is 0 Å². The molecule has 0 bridgehead atoms. The summed E-state index contributed by atoms with van der Waals surface area (Å²) in [6.07, 6.45) is 2.62. The van der Waals surface area contributed by atoms with Crippen molar-refractivity contribution in [3.8, 4) is 0 Å². The van der Waals surface area contributed by atoms with Gasteiger partial charge >= 0.3 is 0 Å². The molecule has 1 aromatic carbocycles. The molecule has 0 aliphatic carbocycles. The van der Waals surface area contributed by atoms with Crippen LogP contribution < -0.4 is 5.32 Å². The van der Waals surface area contributed by atoms with E-state index in [2.05, 4.69) is 29.6 Å².